The number of hydrogen-bond acceptors (Lipinski definition) is 2. The molecule has 0 aromatic carbocycles. The molecule has 2 aliphatic rings. The molecule has 0 amide bonds. The Balaban J connectivity index is 2.32. The van der Waals surface area contributed by atoms with E-state index >= 15 is 0 Å². The Morgan fingerprint density at radius 1 is 1.50 bits per heavy atom. The minimum atomic E-state index is 0.0882. The minimum Gasteiger partial charge on any atom is -0.264 e. The van der Waals surface area contributed by atoms with Gasteiger partial charge in [-0.25, -0.2) is 0 Å². The second-order valence-corrected chi connectivity index (χ2v) is 3.41. The summed E-state index contributed by atoms with van der Waals surface area (Å²) in [6.07, 6.45) is 7.51. The molecule has 62 valence electrons. The van der Waals surface area contributed by atoms with Crippen LogP contribution in [0.1, 0.15) is 32.1 Å². The molecule has 1 unspecified atom stereocenters. The van der Waals surface area contributed by atoms with Crippen LogP contribution in [0, 0.1) is 17.2 Å². The Morgan fingerprint density at radius 3 is 3.25 bits per heavy atom. The molecule has 0 bridgehead atoms. The standard InChI is InChI=1S/C10H12N2/c11-7-9-4-1-3-8-5-2-6-12-10(8)9/h6,9H,1-5H2. The summed E-state index contributed by atoms with van der Waals surface area (Å²) in [4.78, 5) is 4.34. The van der Waals surface area contributed by atoms with Gasteiger partial charge in [0.05, 0.1) is 17.7 Å². The van der Waals surface area contributed by atoms with Gasteiger partial charge in [-0.15, -0.1) is 0 Å². The fourth-order valence-electron chi connectivity index (χ4n) is 1.99. The fraction of sp³-hybridized carbons (Fsp3) is 0.600. The van der Waals surface area contributed by atoms with E-state index < -0.39 is 0 Å². The average molecular weight is 160 g/mol. The zero-order valence-electron chi connectivity index (χ0n) is 7.08. The molecule has 2 rings (SSSR count). The second kappa shape index (κ2) is 3.10. The second-order valence-electron chi connectivity index (χ2n) is 3.41. The maximum Gasteiger partial charge on any atom is 0.0884 e. The first-order chi connectivity index (χ1) is 5.92. The molecule has 0 aromatic rings. The zero-order valence-corrected chi connectivity index (χ0v) is 7.08. The van der Waals surface area contributed by atoms with Gasteiger partial charge in [-0.05, 0) is 37.7 Å². The van der Waals surface area contributed by atoms with Crippen molar-refractivity contribution in [2.45, 2.75) is 32.1 Å². The maximum atomic E-state index is 8.87. The van der Waals surface area contributed by atoms with Crippen LogP contribution in [-0.4, -0.2) is 6.21 Å². The van der Waals surface area contributed by atoms with Crippen molar-refractivity contribution in [3.05, 3.63) is 11.3 Å². The van der Waals surface area contributed by atoms with Gasteiger partial charge in [-0.1, -0.05) is 0 Å². The molecule has 1 heterocycles. The lowest BCUT2D eigenvalue weighted by atomic mass is 9.85. The molecule has 0 saturated carbocycles. The zero-order chi connectivity index (χ0) is 8.39. The lowest BCUT2D eigenvalue weighted by Crippen LogP contribution is -2.12. The molecule has 0 radical (unpaired) electrons. The average Bonchev–Trinajstić information content (AvgIpc) is 2.17. The number of allylic oxidation sites excluding steroid dienone is 2. The first-order valence-corrected chi connectivity index (χ1v) is 4.56. The van der Waals surface area contributed by atoms with E-state index in [9.17, 15) is 0 Å². The fourth-order valence-corrected chi connectivity index (χ4v) is 1.99. The topological polar surface area (TPSA) is 36.1 Å². The first-order valence-electron chi connectivity index (χ1n) is 4.56. The van der Waals surface area contributed by atoms with Crippen LogP contribution in [0.2, 0.25) is 0 Å². The van der Waals surface area contributed by atoms with Crippen molar-refractivity contribution in [1.29, 1.82) is 5.26 Å². The highest BCUT2D eigenvalue weighted by molar-refractivity contribution is 5.62. The number of nitrogens with zero attached hydrogens (tertiary/aromatic N) is 2. The summed E-state index contributed by atoms with van der Waals surface area (Å²) >= 11 is 0. The van der Waals surface area contributed by atoms with E-state index in [1.54, 1.807) is 0 Å². The maximum absolute atomic E-state index is 8.87. The SMILES string of the molecule is N#CC1CCCC2=C1N=CCC2. The molecular formula is C10H12N2. The van der Waals surface area contributed by atoms with Crippen LogP contribution in [0.4, 0.5) is 0 Å². The van der Waals surface area contributed by atoms with Crippen molar-refractivity contribution in [3.8, 4) is 6.07 Å². The summed E-state index contributed by atoms with van der Waals surface area (Å²) in [6.45, 7) is 0. The first kappa shape index (κ1) is 7.54. The van der Waals surface area contributed by atoms with Crippen LogP contribution in [0.15, 0.2) is 16.3 Å². The van der Waals surface area contributed by atoms with Gasteiger partial charge in [0.2, 0.25) is 0 Å². The Hall–Kier alpha value is -1.10. The Morgan fingerprint density at radius 2 is 2.42 bits per heavy atom. The summed E-state index contributed by atoms with van der Waals surface area (Å²) in [5.41, 5.74) is 2.53. The predicted octanol–water partition coefficient (Wildman–Crippen LogP) is 2.43. The molecule has 0 N–H and O–H groups in total. The van der Waals surface area contributed by atoms with Gasteiger partial charge in [-0.2, -0.15) is 5.26 Å². The molecule has 12 heavy (non-hydrogen) atoms. The van der Waals surface area contributed by atoms with Crippen LogP contribution in [0.5, 0.6) is 0 Å². The monoisotopic (exact) mass is 160 g/mol. The van der Waals surface area contributed by atoms with Crippen molar-refractivity contribution in [2.75, 3.05) is 0 Å². The third-order valence-corrected chi connectivity index (χ3v) is 2.63. The minimum absolute atomic E-state index is 0.0882. The van der Waals surface area contributed by atoms with Gasteiger partial charge < -0.3 is 0 Å². The normalized spacial score (nSPS) is 28.1. The molecule has 0 fully saturated rings. The van der Waals surface area contributed by atoms with E-state index in [2.05, 4.69) is 11.1 Å². The molecule has 2 nitrogen and oxygen atoms in total. The number of aliphatic imine (C=N–C) groups is 1. The largest absolute Gasteiger partial charge is 0.264 e. The number of rotatable bonds is 0. The molecule has 0 spiro atoms. The van der Waals surface area contributed by atoms with E-state index in [1.165, 1.54) is 18.4 Å². The van der Waals surface area contributed by atoms with Gasteiger partial charge in [0.1, 0.15) is 0 Å². The molecule has 1 aliphatic carbocycles. The van der Waals surface area contributed by atoms with E-state index in [1.807, 2.05) is 6.21 Å². The van der Waals surface area contributed by atoms with Crippen LogP contribution in [-0.2, 0) is 0 Å². The quantitative estimate of drug-likeness (QED) is 0.536. The third kappa shape index (κ3) is 1.16. The summed E-state index contributed by atoms with van der Waals surface area (Å²) in [7, 11) is 0. The van der Waals surface area contributed by atoms with E-state index in [0.29, 0.717) is 0 Å². The Kier molecular flexibility index (Phi) is 1.95. The van der Waals surface area contributed by atoms with Crippen molar-refractivity contribution < 1.29 is 0 Å². The molecule has 2 heteroatoms. The predicted molar refractivity (Wildman–Crippen MR) is 47.7 cm³/mol. The molecular weight excluding hydrogens is 148 g/mol. The van der Waals surface area contributed by atoms with Gasteiger partial charge in [0.15, 0.2) is 0 Å². The van der Waals surface area contributed by atoms with Crippen LogP contribution >= 0.6 is 0 Å². The van der Waals surface area contributed by atoms with Crippen LogP contribution in [0.25, 0.3) is 0 Å². The molecule has 1 aliphatic heterocycles. The highest BCUT2D eigenvalue weighted by Gasteiger charge is 2.23. The van der Waals surface area contributed by atoms with Gasteiger partial charge in [0.25, 0.3) is 0 Å². The van der Waals surface area contributed by atoms with Gasteiger partial charge in [0, 0.05) is 6.21 Å². The van der Waals surface area contributed by atoms with Crippen LogP contribution < -0.4 is 0 Å². The van der Waals surface area contributed by atoms with E-state index in [4.69, 9.17) is 5.26 Å². The summed E-state index contributed by atoms with van der Waals surface area (Å²) in [5, 5.41) is 8.87. The summed E-state index contributed by atoms with van der Waals surface area (Å²) in [6, 6.07) is 2.33. The highest BCUT2D eigenvalue weighted by Crippen LogP contribution is 2.34. The molecule has 0 aromatic heterocycles. The molecule has 1 atom stereocenters. The van der Waals surface area contributed by atoms with E-state index in [-0.39, 0.29) is 5.92 Å². The smallest absolute Gasteiger partial charge is 0.0884 e. The highest BCUT2D eigenvalue weighted by atomic mass is 14.8. The Bertz CT molecular complexity index is 281. The third-order valence-electron chi connectivity index (χ3n) is 2.63. The Labute approximate surface area is 72.6 Å². The van der Waals surface area contributed by atoms with Crippen molar-refractivity contribution in [3.63, 3.8) is 0 Å². The summed E-state index contributed by atoms with van der Waals surface area (Å²) in [5.74, 6) is 0.0882. The van der Waals surface area contributed by atoms with Crippen molar-refractivity contribution >= 4 is 6.21 Å². The molecule has 0 saturated heterocycles. The number of hydrogen-bond donors (Lipinski definition) is 0. The van der Waals surface area contributed by atoms with Gasteiger partial charge >= 0.3 is 0 Å². The van der Waals surface area contributed by atoms with Crippen molar-refractivity contribution in [1.82, 2.24) is 0 Å². The van der Waals surface area contributed by atoms with Crippen LogP contribution in [0.3, 0.4) is 0 Å². The lowest BCUT2D eigenvalue weighted by Gasteiger charge is -2.23. The number of nitriles is 1. The summed E-state index contributed by atoms with van der Waals surface area (Å²) < 4.78 is 0. The van der Waals surface area contributed by atoms with Gasteiger partial charge in [-0.3, -0.25) is 4.99 Å². The lowest BCUT2D eigenvalue weighted by molar-refractivity contribution is 0.563. The van der Waals surface area contributed by atoms with E-state index in [0.717, 1.165) is 25.0 Å². The van der Waals surface area contributed by atoms with Crippen molar-refractivity contribution in [2.24, 2.45) is 10.9 Å².